The summed E-state index contributed by atoms with van der Waals surface area (Å²) in [6.07, 6.45) is 0. The van der Waals surface area contributed by atoms with Gasteiger partial charge in [-0.05, 0) is 13.1 Å². The van der Waals surface area contributed by atoms with Gasteiger partial charge in [0.05, 0.1) is 4.92 Å². The van der Waals surface area contributed by atoms with Crippen LogP contribution in [0.4, 0.5) is 11.4 Å². The molecule has 2 heterocycles. The number of Topliss-reactive ketones (excluding diaryl/α,β-unsaturated/α-hetero) is 2. The number of likely N-dealkylation sites (tertiary alicyclic amines) is 1. The Balaban J connectivity index is 1.74. The standard InChI is InChI=1S/C26H19N3O5/c1-28-14-19(17-10-4-7-13-21(17)29(33)34)25(22(30)15-8-2-3-9-16(15)23(25)31)26(28)18-11-5-6-12-20(18)27-24(26)32/h2-13,19H,14H2,1H3,(H,27,32)/t19-,26?/m0/s1. The molecule has 0 saturated carbocycles. The number of likely N-dealkylation sites (N-methyl/N-ethyl adjacent to an activating group) is 1. The van der Waals surface area contributed by atoms with Gasteiger partial charge < -0.3 is 5.32 Å². The molecule has 0 aromatic heterocycles. The number of fused-ring (bicyclic) bond motifs is 4. The molecule has 3 aromatic carbocycles. The third-order valence-corrected chi connectivity index (χ3v) is 7.66. The molecule has 0 bridgehead atoms. The fraction of sp³-hybridized carbons (Fsp3) is 0.192. The summed E-state index contributed by atoms with van der Waals surface area (Å²) in [5, 5.41) is 14.8. The minimum Gasteiger partial charge on any atom is -0.324 e. The summed E-state index contributed by atoms with van der Waals surface area (Å²) in [7, 11) is 1.70. The van der Waals surface area contributed by atoms with Gasteiger partial charge in [-0.15, -0.1) is 0 Å². The maximum atomic E-state index is 14.4. The second kappa shape index (κ2) is 6.68. The maximum Gasteiger partial charge on any atom is 0.272 e. The zero-order valence-electron chi connectivity index (χ0n) is 18.1. The van der Waals surface area contributed by atoms with Crippen LogP contribution in [0.15, 0.2) is 72.8 Å². The van der Waals surface area contributed by atoms with Crippen LogP contribution in [0, 0.1) is 15.5 Å². The first-order chi connectivity index (χ1) is 16.4. The molecule has 2 atom stereocenters. The van der Waals surface area contributed by atoms with Gasteiger partial charge in [-0.2, -0.15) is 0 Å². The molecular formula is C26H19N3O5. The molecular weight excluding hydrogens is 434 g/mol. The number of para-hydroxylation sites is 2. The predicted octanol–water partition coefficient (Wildman–Crippen LogP) is 3.54. The molecule has 2 aliphatic heterocycles. The monoisotopic (exact) mass is 453 g/mol. The highest BCUT2D eigenvalue weighted by Crippen LogP contribution is 2.66. The number of benzene rings is 3. The number of nitrogens with zero attached hydrogens (tertiary/aromatic N) is 2. The van der Waals surface area contributed by atoms with Crippen molar-refractivity contribution in [3.8, 4) is 0 Å². The quantitative estimate of drug-likeness (QED) is 0.361. The van der Waals surface area contributed by atoms with Gasteiger partial charge in [0.25, 0.3) is 11.6 Å². The molecule has 168 valence electrons. The summed E-state index contributed by atoms with van der Waals surface area (Å²) < 4.78 is 0. The lowest BCUT2D eigenvalue weighted by Crippen LogP contribution is -2.60. The summed E-state index contributed by atoms with van der Waals surface area (Å²) in [6, 6.07) is 19.7. The van der Waals surface area contributed by atoms with Crippen LogP contribution in [0.2, 0.25) is 0 Å². The van der Waals surface area contributed by atoms with E-state index in [0.29, 0.717) is 11.3 Å². The first-order valence-corrected chi connectivity index (χ1v) is 10.9. The molecule has 3 aliphatic rings. The minimum atomic E-state index is -1.89. The molecule has 1 aliphatic carbocycles. The normalized spacial score (nSPS) is 24.5. The fourth-order valence-corrected chi connectivity index (χ4v) is 6.45. The van der Waals surface area contributed by atoms with Crippen molar-refractivity contribution in [2.45, 2.75) is 11.5 Å². The molecule has 1 N–H and O–H groups in total. The van der Waals surface area contributed by atoms with Gasteiger partial charge in [0, 0.05) is 46.5 Å². The molecule has 1 fully saturated rings. The molecule has 3 aromatic rings. The summed E-state index contributed by atoms with van der Waals surface area (Å²) in [5.74, 6) is -2.35. The molecule has 6 rings (SSSR count). The van der Waals surface area contributed by atoms with Crippen molar-refractivity contribution >= 4 is 28.8 Å². The molecule has 8 heteroatoms. The topological polar surface area (TPSA) is 110 Å². The Labute approximate surface area is 194 Å². The summed E-state index contributed by atoms with van der Waals surface area (Å²) >= 11 is 0. The zero-order chi connectivity index (χ0) is 23.8. The second-order valence-electron chi connectivity index (χ2n) is 8.97. The lowest BCUT2D eigenvalue weighted by molar-refractivity contribution is -0.385. The summed E-state index contributed by atoms with van der Waals surface area (Å²) in [6.45, 7) is 0.109. The van der Waals surface area contributed by atoms with Crippen molar-refractivity contribution in [3.05, 3.63) is 105 Å². The van der Waals surface area contributed by atoms with Gasteiger partial charge in [0.15, 0.2) is 11.6 Å². The SMILES string of the molecule is CN1C[C@@H](c2ccccc2[N+](=O)[O-])C2(C(=O)c3ccccc3C2=O)C12C(=O)Nc1ccccc12. The van der Waals surface area contributed by atoms with Crippen LogP contribution in [-0.4, -0.2) is 40.9 Å². The number of nitro groups is 1. The van der Waals surface area contributed by atoms with Gasteiger partial charge in [-0.25, -0.2) is 0 Å². The molecule has 34 heavy (non-hydrogen) atoms. The number of anilines is 1. The van der Waals surface area contributed by atoms with E-state index in [-0.39, 0.29) is 28.9 Å². The second-order valence-corrected chi connectivity index (χ2v) is 8.97. The summed E-state index contributed by atoms with van der Waals surface area (Å²) in [4.78, 5) is 55.8. The molecule has 1 unspecified atom stereocenters. The van der Waals surface area contributed by atoms with Crippen molar-refractivity contribution < 1.29 is 19.3 Å². The first-order valence-electron chi connectivity index (χ1n) is 10.9. The van der Waals surface area contributed by atoms with Crippen LogP contribution in [0.1, 0.15) is 37.8 Å². The Morgan fingerprint density at radius 2 is 1.50 bits per heavy atom. The molecule has 1 saturated heterocycles. The van der Waals surface area contributed by atoms with Crippen molar-refractivity contribution in [3.63, 3.8) is 0 Å². The van der Waals surface area contributed by atoms with E-state index in [4.69, 9.17) is 0 Å². The van der Waals surface area contributed by atoms with Crippen molar-refractivity contribution in [2.75, 3.05) is 18.9 Å². The number of nitrogens with one attached hydrogen (secondary N) is 1. The number of carbonyl (C=O) groups excluding carboxylic acids is 3. The minimum absolute atomic E-state index is 0.109. The van der Waals surface area contributed by atoms with Gasteiger partial charge in [-0.3, -0.25) is 29.4 Å². The fourth-order valence-electron chi connectivity index (χ4n) is 6.45. The lowest BCUT2D eigenvalue weighted by atomic mass is 9.58. The molecule has 1 amide bonds. The molecule has 8 nitrogen and oxygen atoms in total. The van der Waals surface area contributed by atoms with E-state index in [2.05, 4.69) is 5.32 Å². The van der Waals surface area contributed by atoms with Gasteiger partial charge >= 0.3 is 0 Å². The van der Waals surface area contributed by atoms with Gasteiger partial charge in [-0.1, -0.05) is 60.7 Å². The van der Waals surface area contributed by atoms with Crippen LogP contribution in [-0.2, 0) is 10.3 Å². The maximum absolute atomic E-state index is 14.4. The molecule has 2 spiro atoms. The number of amides is 1. The first kappa shape index (κ1) is 20.4. The van der Waals surface area contributed by atoms with Crippen LogP contribution < -0.4 is 5.32 Å². The van der Waals surface area contributed by atoms with E-state index in [0.717, 1.165) is 0 Å². The number of hydrogen-bond donors (Lipinski definition) is 1. The van der Waals surface area contributed by atoms with E-state index in [1.165, 1.54) is 6.07 Å². The van der Waals surface area contributed by atoms with E-state index < -0.39 is 39.3 Å². The third-order valence-electron chi connectivity index (χ3n) is 7.66. The van der Waals surface area contributed by atoms with Gasteiger partial charge in [0.2, 0.25) is 0 Å². The Morgan fingerprint density at radius 1 is 0.912 bits per heavy atom. The number of nitro benzene ring substituents is 1. The highest BCUT2D eigenvalue weighted by molar-refractivity contribution is 6.34. The van der Waals surface area contributed by atoms with E-state index in [1.807, 2.05) is 0 Å². The highest BCUT2D eigenvalue weighted by atomic mass is 16.6. The Morgan fingerprint density at radius 3 is 2.18 bits per heavy atom. The zero-order valence-corrected chi connectivity index (χ0v) is 18.1. The number of ketones is 2. The van der Waals surface area contributed by atoms with Crippen molar-refractivity contribution in [1.82, 2.24) is 4.90 Å². The molecule has 0 radical (unpaired) electrons. The van der Waals surface area contributed by atoms with Crippen molar-refractivity contribution in [2.24, 2.45) is 5.41 Å². The third kappa shape index (κ3) is 2.09. The Bertz CT molecular complexity index is 1410. The predicted molar refractivity (Wildman–Crippen MR) is 123 cm³/mol. The number of carbonyl (C=O) groups is 3. The van der Waals surface area contributed by atoms with E-state index in [1.54, 1.807) is 78.7 Å². The highest BCUT2D eigenvalue weighted by Gasteiger charge is 2.79. The number of hydrogen-bond acceptors (Lipinski definition) is 6. The van der Waals surface area contributed by atoms with E-state index in [9.17, 15) is 24.5 Å². The average molecular weight is 453 g/mol. The van der Waals surface area contributed by atoms with Crippen LogP contribution in [0.3, 0.4) is 0 Å². The van der Waals surface area contributed by atoms with Crippen LogP contribution in [0.5, 0.6) is 0 Å². The smallest absolute Gasteiger partial charge is 0.272 e. The van der Waals surface area contributed by atoms with Crippen molar-refractivity contribution in [1.29, 1.82) is 0 Å². The van der Waals surface area contributed by atoms with Crippen LogP contribution >= 0.6 is 0 Å². The largest absolute Gasteiger partial charge is 0.324 e. The Hall–Kier alpha value is -4.17. The van der Waals surface area contributed by atoms with Crippen LogP contribution in [0.25, 0.3) is 0 Å². The van der Waals surface area contributed by atoms with E-state index >= 15 is 0 Å². The Kier molecular flexibility index (Phi) is 4.01. The summed E-state index contributed by atoms with van der Waals surface area (Å²) in [5.41, 5.74) is -1.93. The van der Waals surface area contributed by atoms with Gasteiger partial charge in [0.1, 0.15) is 11.0 Å². The average Bonchev–Trinajstić information content (AvgIpc) is 3.39. The lowest BCUT2D eigenvalue weighted by Gasteiger charge is -2.42. The number of rotatable bonds is 2.